The monoisotopic (exact) mass is 366 g/mol. The van der Waals surface area contributed by atoms with E-state index < -0.39 is 0 Å². The third-order valence-electron chi connectivity index (χ3n) is 5.98. The molecule has 1 aromatic heterocycles. The van der Waals surface area contributed by atoms with E-state index in [4.69, 9.17) is 0 Å². The second kappa shape index (κ2) is 8.70. The lowest BCUT2D eigenvalue weighted by molar-refractivity contribution is 0.0706. The van der Waals surface area contributed by atoms with Crippen LogP contribution in [0.2, 0.25) is 0 Å². The van der Waals surface area contributed by atoms with Crippen molar-refractivity contribution >= 4 is 5.91 Å². The van der Waals surface area contributed by atoms with Crippen LogP contribution in [0.1, 0.15) is 66.1 Å². The molecule has 0 saturated carbocycles. The number of nitrogens with one attached hydrogen (secondary N) is 1. The first-order valence-electron chi connectivity index (χ1n) is 10.4. The number of nitrogens with zero attached hydrogens (tertiary/aromatic N) is 3. The van der Waals surface area contributed by atoms with Gasteiger partial charge < -0.3 is 4.90 Å². The minimum Gasteiger partial charge on any atom is -0.338 e. The standard InChI is InChI=1S/C22H30N4O/c27-22(26-15-5-6-20(17-26)21-11-12-23-24-21)19-9-7-18(8-10-19)16-25-13-3-1-2-4-14-25/h7-12,20H,1-6,13-17H2,(H,23,24)/t20-/m0/s1. The number of H-pyrrole nitrogens is 1. The van der Waals surface area contributed by atoms with Gasteiger partial charge in [0.25, 0.3) is 5.91 Å². The molecule has 144 valence electrons. The van der Waals surface area contributed by atoms with E-state index in [0.29, 0.717) is 5.92 Å². The van der Waals surface area contributed by atoms with Crippen molar-refractivity contribution in [2.75, 3.05) is 26.2 Å². The van der Waals surface area contributed by atoms with E-state index in [0.717, 1.165) is 43.7 Å². The lowest BCUT2D eigenvalue weighted by Crippen LogP contribution is -2.39. The molecule has 2 fully saturated rings. The maximum Gasteiger partial charge on any atom is 0.253 e. The Labute approximate surface area is 161 Å². The van der Waals surface area contributed by atoms with Gasteiger partial charge in [-0.15, -0.1) is 0 Å². The van der Waals surface area contributed by atoms with Crippen LogP contribution in [0.3, 0.4) is 0 Å². The maximum atomic E-state index is 13.0. The zero-order chi connectivity index (χ0) is 18.5. The van der Waals surface area contributed by atoms with Gasteiger partial charge in [-0.05, 0) is 62.5 Å². The van der Waals surface area contributed by atoms with E-state index in [1.54, 1.807) is 6.20 Å². The number of carbonyl (C=O) groups excluding carboxylic acids is 1. The summed E-state index contributed by atoms with van der Waals surface area (Å²) in [6.45, 7) is 5.02. The summed E-state index contributed by atoms with van der Waals surface area (Å²) in [6, 6.07) is 10.3. The molecule has 2 saturated heterocycles. The molecule has 27 heavy (non-hydrogen) atoms. The summed E-state index contributed by atoms with van der Waals surface area (Å²) in [6.07, 6.45) is 9.28. The Morgan fingerprint density at radius 1 is 1.00 bits per heavy atom. The molecule has 2 aromatic rings. The molecule has 0 spiro atoms. The number of hydrogen-bond acceptors (Lipinski definition) is 3. The molecule has 1 N–H and O–H groups in total. The van der Waals surface area contributed by atoms with Crippen LogP contribution >= 0.6 is 0 Å². The summed E-state index contributed by atoms with van der Waals surface area (Å²) < 4.78 is 0. The fraction of sp³-hybridized carbons (Fsp3) is 0.545. The molecule has 1 aromatic carbocycles. The lowest BCUT2D eigenvalue weighted by Gasteiger charge is -2.32. The van der Waals surface area contributed by atoms with E-state index in [2.05, 4.69) is 27.2 Å². The number of piperidine rings is 1. The van der Waals surface area contributed by atoms with Crippen molar-refractivity contribution in [2.45, 2.75) is 51.0 Å². The number of hydrogen-bond donors (Lipinski definition) is 1. The quantitative estimate of drug-likeness (QED) is 0.895. The van der Waals surface area contributed by atoms with Gasteiger partial charge in [-0.2, -0.15) is 5.10 Å². The van der Waals surface area contributed by atoms with Crippen molar-refractivity contribution in [3.05, 3.63) is 53.3 Å². The van der Waals surface area contributed by atoms with Crippen LogP contribution in [-0.2, 0) is 6.54 Å². The molecule has 0 bridgehead atoms. The summed E-state index contributed by atoms with van der Waals surface area (Å²) in [5, 5.41) is 7.12. The third kappa shape index (κ3) is 4.59. The first kappa shape index (κ1) is 18.2. The Kier molecular flexibility index (Phi) is 5.87. The number of aromatic nitrogens is 2. The number of benzene rings is 1. The highest BCUT2D eigenvalue weighted by molar-refractivity contribution is 5.94. The fourth-order valence-corrected chi connectivity index (χ4v) is 4.40. The summed E-state index contributed by atoms with van der Waals surface area (Å²) >= 11 is 0. The molecule has 2 aliphatic heterocycles. The van der Waals surface area contributed by atoms with E-state index in [9.17, 15) is 4.79 Å². The average Bonchev–Trinajstić information content (AvgIpc) is 3.14. The first-order chi connectivity index (χ1) is 13.3. The normalized spacial score (nSPS) is 21.8. The van der Waals surface area contributed by atoms with Gasteiger partial charge in [0.1, 0.15) is 0 Å². The van der Waals surface area contributed by atoms with E-state index in [1.165, 1.54) is 44.3 Å². The van der Waals surface area contributed by atoms with Crippen LogP contribution in [0.15, 0.2) is 36.5 Å². The first-order valence-corrected chi connectivity index (χ1v) is 10.4. The Morgan fingerprint density at radius 3 is 2.48 bits per heavy atom. The highest BCUT2D eigenvalue weighted by atomic mass is 16.2. The Morgan fingerprint density at radius 2 is 1.78 bits per heavy atom. The minimum atomic E-state index is 0.153. The van der Waals surface area contributed by atoms with Gasteiger partial charge >= 0.3 is 0 Å². The summed E-state index contributed by atoms with van der Waals surface area (Å²) in [5.41, 5.74) is 3.25. The maximum absolute atomic E-state index is 13.0. The average molecular weight is 367 g/mol. The zero-order valence-electron chi connectivity index (χ0n) is 16.1. The number of carbonyl (C=O) groups is 1. The summed E-state index contributed by atoms with van der Waals surface area (Å²) in [5.74, 6) is 0.521. The molecule has 1 atom stereocenters. The molecule has 2 aliphatic rings. The second-order valence-corrected chi connectivity index (χ2v) is 7.99. The highest BCUT2D eigenvalue weighted by Crippen LogP contribution is 2.26. The van der Waals surface area contributed by atoms with Crippen LogP contribution in [0.4, 0.5) is 0 Å². The molecular formula is C22H30N4O. The topological polar surface area (TPSA) is 52.2 Å². The van der Waals surface area contributed by atoms with E-state index in [1.807, 2.05) is 23.1 Å². The van der Waals surface area contributed by atoms with Gasteiger partial charge in [0.2, 0.25) is 0 Å². The van der Waals surface area contributed by atoms with E-state index in [-0.39, 0.29) is 5.91 Å². The van der Waals surface area contributed by atoms with Crippen molar-refractivity contribution in [1.82, 2.24) is 20.0 Å². The molecule has 0 aliphatic carbocycles. The minimum absolute atomic E-state index is 0.153. The highest BCUT2D eigenvalue weighted by Gasteiger charge is 2.26. The summed E-state index contributed by atoms with van der Waals surface area (Å²) in [7, 11) is 0. The number of likely N-dealkylation sites (tertiary alicyclic amines) is 2. The van der Waals surface area contributed by atoms with Crippen LogP contribution in [0, 0.1) is 0 Å². The van der Waals surface area contributed by atoms with E-state index >= 15 is 0 Å². The number of rotatable bonds is 4. The van der Waals surface area contributed by atoms with Gasteiger partial charge in [-0.25, -0.2) is 0 Å². The molecular weight excluding hydrogens is 336 g/mol. The van der Waals surface area contributed by atoms with Crippen molar-refractivity contribution in [1.29, 1.82) is 0 Å². The molecule has 4 rings (SSSR count). The van der Waals surface area contributed by atoms with Crippen LogP contribution in [0.5, 0.6) is 0 Å². The zero-order valence-corrected chi connectivity index (χ0v) is 16.1. The van der Waals surface area contributed by atoms with Crippen molar-refractivity contribution in [3.63, 3.8) is 0 Å². The van der Waals surface area contributed by atoms with Gasteiger partial charge in [-0.3, -0.25) is 14.8 Å². The van der Waals surface area contributed by atoms with Crippen molar-refractivity contribution < 1.29 is 4.79 Å². The van der Waals surface area contributed by atoms with Crippen molar-refractivity contribution in [2.24, 2.45) is 0 Å². The number of amides is 1. The Hall–Kier alpha value is -2.14. The molecule has 3 heterocycles. The SMILES string of the molecule is O=C(c1ccc(CN2CCCCCC2)cc1)N1CCC[C@H](c2ccn[nH]2)C1. The fourth-order valence-electron chi connectivity index (χ4n) is 4.40. The van der Waals surface area contributed by atoms with Gasteiger partial charge in [-0.1, -0.05) is 25.0 Å². The predicted octanol–water partition coefficient (Wildman–Crippen LogP) is 3.81. The molecule has 5 heteroatoms. The number of aromatic amines is 1. The molecule has 0 radical (unpaired) electrons. The molecule has 1 amide bonds. The van der Waals surface area contributed by atoms with Gasteiger partial charge in [0.05, 0.1) is 0 Å². The Bertz CT molecular complexity index is 717. The Balaban J connectivity index is 1.37. The van der Waals surface area contributed by atoms with Gasteiger partial charge in [0.15, 0.2) is 0 Å². The van der Waals surface area contributed by atoms with Gasteiger partial charge in [0, 0.05) is 43.0 Å². The van der Waals surface area contributed by atoms with Crippen molar-refractivity contribution in [3.8, 4) is 0 Å². The molecule has 5 nitrogen and oxygen atoms in total. The summed E-state index contributed by atoms with van der Waals surface area (Å²) in [4.78, 5) is 17.5. The predicted molar refractivity (Wildman–Crippen MR) is 107 cm³/mol. The van der Waals surface area contributed by atoms with Crippen LogP contribution in [0.25, 0.3) is 0 Å². The smallest absolute Gasteiger partial charge is 0.253 e. The molecule has 0 unspecified atom stereocenters. The second-order valence-electron chi connectivity index (χ2n) is 7.99. The largest absolute Gasteiger partial charge is 0.338 e. The lowest BCUT2D eigenvalue weighted by atomic mass is 9.94. The third-order valence-corrected chi connectivity index (χ3v) is 5.98. The van der Waals surface area contributed by atoms with Crippen LogP contribution in [-0.4, -0.2) is 52.1 Å². The van der Waals surface area contributed by atoms with Crippen LogP contribution < -0.4 is 0 Å².